The molecule has 1 aliphatic rings. The van der Waals surface area contributed by atoms with Gasteiger partial charge in [0.25, 0.3) is 0 Å². The van der Waals surface area contributed by atoms with Gasteiger partial charge < -0.3 is 15.0 Å². The second kappa shape index (κ2) is 8.16. The van der Waals surface area contributed by atoms with Crippen LogP contribution in [-0.4, -0.2) is 32.3 Å². The summed E-state index contributed by atoms with van der Waals surface area (Å²) in [6.45, 7) is 7.13. The number of ether oxygens (including phenoxy) is 1. The highest BCUT2D eigenvalue weighted by Gasteiger charge is 2.20. The summed E-state index contributed by atoms with van der Waals surface area (Å²) in [5.74, 6) is 0. The summed E-state index contributed by atoms with van der Waals surface area (Å²) >= 11 is 3.75. The molecule has 0 radical (unpaired) electrons. The standard InChI is InChI=1S/C17H27BrN2O/c1-4-13(2)20(9-10-21-3)17-8-5-14(11-16(17)18)12-19-15-6-7-15/h5,8,11,13,15,19H,4,6-7,9-10,12H2,1-3H3. The zero-order chi connectivity index (χ0) is 15.2. The summed E-state index contributed by atoms with van der Waals surface area (Å²) in [6.07, 6.45) is 3.79. The van der Waals surface area contributed by atoms with Gasteiger partial charge in [0, 0.05) is 36.8 Å². The Kier molecular flexibility index (Phi) is 6.52. The van der Waals surface area contributed by atoms with Gasteiger partial charge in [-0.05, 0) is 59.8 Å². The van der Waals surface area contributed by atoms with Crippen molar-refractivity contribution in [1.82, 2.24) is 5.32 Å². The molecular weight excluding hydrogens is 328 g/mol. The molecule has 1 aromatic carbocycles. The lowest BCUT2D eigenvalue weighted by atomic mass is 10.1. The summed E-state index contributed by atoms with van der Waals surface area (Å²) in [7, 11) is 1.76. The van der Waals surface area contributed by atoms with E-state index in [-0.39, 0.29) is 0 Å². The smallest absolute Gasteiger partial charge is 0.0637 e. The maximum atomic E-state index is 5.26. The van der Waals surface area contributed by atoms with Crippen LogP contribution >= 0.6 is 15.9 Å². The summed E-state index contributed by atoms with van der Waals surface area (Å²) < 4.78 is 6.43. The van der Waals surface area contributed by atoms with E-state index >= 15 is 0 Å². The summed E-state index contributed by atoms with van der Waals surface area (Å²) in [5.41, 5.74) is 2.60. The van der Waals surface area contributed by atoms with Gasteiger partial charge in [-0.3, -0.25) is 0 Å². The number of hydrogen-bond acceptors (Lipinski definition) is 3. The number of nitrogens with one attached hydrogen (secondary N) is 1. The number of methoxy groups -OCH3 is 1. The Bertz CT molecular complexity index is 448. The first-order valence-electron chi connectivity index (χ1n) is 7.93. The zero-order valence-corrected chi connectivity index (χ0v) is 14.9. The van der Waals surface area contributed by atoms with Crippen LogP contribution in [0.1, 0.15) is 38.7 Å². The van der Waals surface area contributed by atoms with Gasteiger partial charge in [0.2, 0.25) is 0 Å². The normalized spacial score (nSPS) is 16.0. The zero-order valence-electron chi connectivity index (χ0n) is 13.4. The summed E-state index contributed by atoms with van der Waals surface area (Å²) in [5, 5.41) is 3.56. The largest absolute Gasteiger partial charge is 0.383 e. The van der Waals surface area contributed by atoms with Crippen molar-refractivity contribution in [2.75, 3.05) is 25.2 Å². The average Bonchev–Trinajstić information content (AvgIpc) is 3.31. The minimum absolute atomic E-state index is 0.506. The van der Waals surface area contributed by atoms with Crippen LogP contribution in [0.2, 0.25) is 0 Å². The number of hydrogen-bond donors (Lipinski definition) is 1. The molecule has 0 bridgehead atoms. The molecule has 1 N–H and O–H groups in total. The average molecular weight is 355 g/mol. The van der Waals surface area contributed by atoms with E-state index in [1.54, 1.807) is 7.11 Å². The lowest BCUT2D eigenvalue weighted by Gasteiger charge is -2.31. The van der Waals surface area contributed by atoms with E-state index in [4.69, 9.17) is 4.74 Å². The van der Waals surface area contributed by atoms with Crippen molar-refractivity contribution >= 4 is 21.6 Å². The predicted molar refractivity (Wildman–Crippen MR) is 93.0 cm³/mol. The highest BCUT2D eigenvalue weighted by molar-refractivity contribution is 9.10. The second-order valence-corrected chi connectivity index (χ2v) is 6.74. The molecular formula is C17H27BrN2O. The Morgan fingerprint density at radius 3 is 2.76 bits per heavy atom. The summed E-state index contributed by atoms with van der Waals surface area (Å²) in [4.78, 5) is 2.42. The Morgan fingerprint density at radius 2 is 2.19 bits per heavy atom. The first-order valence-corrected chi connectivity index (χ1v) is 8.72. The van der Waals surface area contributed by atoms with Crippen LogP contribution in [0.25, 0.3) is 0 Å². The quantitative estimate of drug-likeness (QED) is 0.726. The molecule has 1 saturated carbocycles. The Morgan fingerprint density at radius 1 is 1.43 bits per heavy atom. The van der Waals surface area contributed by atoms with Crippen molar-refractivity contribution in [2.24, 2.45) is 0 Å². The molecule has 1 unspecified atom stereocenters. The van der Waals surface area contributed by atoms with Crippen molar-refractivity contribution < 1.29 is 4.74 Å². The van der Waals surface area contributed by atoms with Gasteiger partial charge in [-0.1, -0.05) is 13.0 Å². The third kappa shape index (κ3) is 4.97. The highest BCUT2D eigenvalue weighted by atomic mass is 79.9. The van der Waals surface area contributed by atoms with Crippen molar-refractivity contribution in [2.45, 2.75) is 51.7 Å². The topological polar surface area (TPSA) is 24.5 Å². The number of benzene rings is 1. The van der Waals surface area contributed by atoms with Gasteiger partial charge in [-0.15, -0.1) is 0 Å². The van der Waals surface area contributed by atoms with E-state index < -0.39 is 0 Å². The van der Waals surface area contributed by atoms with Crippen LogP contribution < -0.4 is 10.2 Å². The first-order chi connectivity index (χ1) is 10.2. The molecule has 2 rings (SSSR count). The molecule has 0 aliphatic heterocycles. The van der Waals surface area contributed by atoms with E-state index in [1.807, 2.05) is 0 Å². The van der Waals surface area contributed by atoms with Crippen LogP contribution in [0.3, 0.4) is 0 Å². The van der Waals surface area contributed by atoms with Crippen LogP contribution in [0.5, 0.6) is 0 Å². The maximum absolute atomic E-state index is 5.26. The van der Waals surface area contributed by atoms with Gasteiger partial charge >= 0.3 is 0 Å². The number of anilines is 1. The monoisotopic (exact) mass is 354 g/mol. The third-order valence-corrected chi connectivity index (χ3v) is 4.79. The Balaban J connectivity index is 2.07. The molecule has 3 nitrogen and oxygen atoms in total. The van der Waals surface area contributed by atoms with Gasteiger partial charge in [0.1, 0.15) is 0 Å². The van der Waals surface area contributed by atoms with E-state index in [9.17, 15) is 0 Å². The molecule has 0 aromatic heterocycles. The lowest BCUT2D eigenvalue weighted by molar-refractivity contribution is 0.203. The maximum Gasteiger partial charge on any atom is 0.0637 e. The van der Waals surface area contributed by atoms with Crippen LogP contribution in [-0.2, 0) is 11.3 Å². The van der Waals surface area contributed by atoms with Crippen molar-refractivity contribution in [3.05, 3.63) is 28.2 Å². The third-order valence-electron chi connectivity index (χ3n) is 4.15. The lowest BCUT2D eigenvalue weighted by Crippen LogP contribution is -2.35. The molecule has 0 amide bonds. The fourth-order valence-corrected chi connectivity index (χ4v) is 3.09. The van der Waals surface area contributed by atoms with E-state index in [0.717, 1.165) is 32.2 Å². The minimum Gasteiger partial charge on any atom is -0.383 e. The van der Waals surface area contributed by atoms with Crippen molar-refractivity contribution in [3.63, 3.8) is 0 Å². The van der Waals surface area contributed by atoms with E-state index in [2.05, 4.69) is 58.2 Å². The number of halogens is 1. The molecule has 0 heterocycles. The van der Waals surface area contributed by atoms with Gasteiger partial charge in [0.15, 0.2) is 0 Å². The molecule has 0 saturated heterocycles. The van der Waals surface area contributed by atoms with Gasteiger partial charge in [-0.25, -0.2) is 0 Å². The molecule has 0 spiro atoms. The molecule has 1 aromatic rings. The van der Waals surface area contributed by atoms with E-state index in [0.29, 0.717) is 6.04 Å². The number of rotatable bonds is 9. The molecule has 4 heteroatoms. The van der Waals surface area contributed by atoms with Gasteiger partial charge in [-0.2, -0.15) is 0 Å². The van der Waals surface area contributed by atoms with Crippen LogP contribution in [0.4, 0.5) is 5.69 Å². The molecule has 1 fully saturated rings. The first kappa shape index (κ1) is 16.8. The van der Waals surface area contributed by atoms with E-state index in [1.165, 1.54) is 28.6 Å². The fourth-order valence-electron chi connectivity index (χ4n) is 2.43. The van der Waals surface area contributed by atoms with Crippen LogP contribution in [0.15, 0.2) is 22.7 Å². The number of nitrogens with zero attached hydrogens (tertiary/aromatic N) is 1. The van der Waals surface area contributed by atoms with Crippen LogP contribution in [0, 0.1) is 0 Å². The SMILES string of the molecule is CCC(C)N(CCOC)c1ccc(CNC2CC2)cc1Br. The van der Waals surface area contributed by atoms with Gasteiger partial charge in [0.05, 0.1) is 12.3 Å². The Hall–Kier alpha value is -0.580. The predicted octanol–water partition coefficient (Wildman–Crippen LogP) is 3.95. The molecule has 1 aliphatic carbocycles. The molecule has 21 heavy (non-hydrogen) atoms. The Labute approximate surface area is 137 Å². The summed E-state index contributed by atoms with van der Waals surface area (Å²) in [6, 6.07) is 7.97. The highest BCUT2D eigenvalue weighted by Crippen LogP contribution is 2.30. The minimum atomic E-state index is 0.506. The van der Waals surface area contributed by atoms with Crippen molar-refractivity contribution in [3.8, 4) is 0 Å². The second-order valence-electron chi connectivity index (χ2n) is 5.88. The molecule has 1 atom stereocenters. The fraction of sp³-hybridized carbons (Fsp3) is 0.647. The molecule has 118 valence electrons. The van der Waals surface area contributed by atoms with Crippen molar-refractivity contribution in [1.29, 1.82) is 0 Å².